The number of pyridine rings is 1. The van der Waals surface area contributed by atoms with Gasteiger partial charge in [0.2, 0.25) is 0 Å². The second-order valence-electron chi connectivity index (χ2n) is 6.16. The Morgan fingerprint density at radius 1 is 1.43 bits per heavy atom. The van der Waals surface area contributed by atoms with Gasteiger partial charge >= 0.3 is 0 Å². The number of likely N-dealkylation sites (tertiary alicyclic amines) is 1. The van der Waals surface area contributed by atoms with Crippen LogP contribution in [0.15, 0.2) is 36.8 Å². The molecular formula is C16H18N4O2S. The summed E-state index contributed by atoms with van der Waals surface area (Å²) >= 11 is 1.92. The number of rotatable bonds is 3. The molecule has 2 fully saturated rings. The van der Waals surface area contributed by atoms with Gasteiger partial charge in [-0.15, -0.1) is 11.8 Å². The number of aromatic nitrogens is 3. The molecule has 0 aliphatic carbocycles. The quantitative estimate of drug-likeness (QED) is 0.855. The Balaban J connectivity index is 1.33. The van der Waals surface area contributed by atoms with Crippen molar-refractivity contribution in [2.45, 2.75) is 17.3 Å². The zero-order valence-corrected chi connectivity index (χ0v) is 13.7. The maximum absolute atomic E-state index is 12.4. The molecule has 2 aliphatic rings. The predicted octanol–water partition coefficient (Wildman–Crippen LogP) is 1.59. The second-order valence-corrected chi connectivity index (χ2v) is 7.65. The first-order valence-corrected chi connectivity index (χ1v) is 8.62. The molecular weight excluding hydrogens is 312 g/mol. The van der Waals surface area contributed by atoms with Crippen LogP contribution in [0.25, 0.3) is 0 Å². The van der Waals surface area contributed by atoms with Gasteiger partial charge in [0, 0.05) is 44.7 Å². The van der Waals surface area contributed by atoms with Crippen molar-refractivity contribution in [3.8, 4) is 5.75 Å². The molecule has 1 spiro atoms. The summed E-state index contributed by atoms with van der Waals surface area (Å²) in [6.45, 7) is 1.56. The maximum atomic E-state index is 12.4. The van der Waals surface area contributed by atoms with Gasteiger partial charge < -0.3 is 9.64 Å². The van der Waals surface area contributed by atoms with Gasteiger partial charge in [0.15, 0.2) is 0 Å². The number of carbonyl (C=O) groups excluding carboxylic acids is 1. The van der Waals surface area contributed by atoms with Crippen molar-refractivity contribution in [1.29, 1.82) is 0 Å². The Hall–Kier alpha value is -2.02. The maximum Gasteiger partial charge on any atom is 0.274 e. The van der Waals surface area contributed by atoms with Gasteiger partial charge in [-0.1, -0.05) is 0 Å². The average molecular weight is 330 g/mol. The molecule has 2 aromatic rings. The topological polar surface area (TPSA) is 60.2 Å². The standard InChI is InChI=1S/C16H18N4O2S/c1-19-6-4-14(18-19)15(21)20-10-16(11-20)7-13(9-23-16)22-12-3-2-5-17-8-12/h2-6,8,13H,7,9-11H2,1H3/t13-/m0/s1. The van der Waals surface area contributed by atoms with Crippen LogP contribution >= 0.6 is 11.8 Å². The number of hydrogen-bond donors (Lipinski definition) is 0. The molecule has 7 heteroatoms. The van der Waals surface area contributed by atoms with Crippen LogP contribution in [0.4, 0.5) is 0 Å². The van der Waals surface area contributed by atoms with E-state index in [-0.39, 0.29) is 16.8 Å². The Labute approximate surface area is 138 Å². The first kappa shape index (κ1) is 14.6. The zero-order chi connectivity index (χ0) is 15.9. The minimum absolute atomic E-state index is 0.0217. The molecule has 0 radical (unpaired) electrons. The summed E-state index contributed by atoms with van der Waals surface area (Å²) < 4.78 is 7.80. The van der Waals surface area contributed by atoms with Crippen LogP contribution < -0.4 is 4.74 Å². The third-order valence-corrected chi connectivity index (χ3v) is 5.87. The number of hydrogen-bond acceptors (Lipinski definition) is 5. The summed E-state index contributed by atoms with van der Waals surface area (Å²) in [5.74, 6) is 1.80. The summed E-state index contributed by atoms with van der Waals surface area (Å²) in [4.78, 5) is 18.3. The van der Waals surface area contributed by atoms with E-state index in [1.807, 2.05) is 35.8 Å². The Morgan fingerprint density at radius 2 is 2.30 bits per heavy atom. The molecule has 2 saturated heterocycles. The summed E-state index contributed by atoms with van der Waals surface area (Å²) in [6, 6.07) is 5.58. The van der Waals surface area contributed by atoms with Gasteiger partial charge in [-0.25, -0.2) is 0 Å². The molecule has 0 unspecified atom stereocenters. The number of carbonyl (C=O) groups is 1. The fraction of sp³-hybridized carbons (Fsp3) is 0.438. The SMILES string of the molecule is Cn1ccc(C(=O)N2CC3(C[C@H](Oc4cccnc4)CS3)C2)n1. The Bertz CT molecular complexity index is 712. The van der Waals surface area contributed by atoms with Crippen molar-refractivity contribution in [1.82, 2.24) is 19.7 Å². The minimum atomic E-state index is 0.0217. The monoisotopic (exact) mass is 330 g/mol. The van der Waals surface area contributed by atoms with Crippen LogP contribution in [0.3, 0.4) is 0 Å². The molecule has 2 aromatic heterocycles. The third kappa shape index (κ3) is 2.81. The lowest BCUT2D eigenvalue weighted by Crippen LogP contribution is -2.60. The highest BCUT2D eigenvalue weighted by Gasteiger charge is 2.51. The van der Waals surface area contributed by atoms with Crippen molar-refractivity contribution in [3.63, 3.8) is 0 Å². The molecule has 120 valence electrons. The lowest BCUT2D eigenvalue weighted by atomic mass is 9.92. The smallest absolute Gasteiger partial charge is 0.274 e. The highest BCUT2D eigenvalue weighted by molar-refractivity contribution is 8.01. The van der Waals surface area contributed by atoms with E-state index in [1.54, 1.807) is 29.3 Å². The van der Waals surface area contributed by atoms with E-state index in [0.717, 1.165) is 31.0 Å². The highest BCUT2D eigenvalue weighted by atomic mass is 32.2. The molecule has 4 heterocycles. The van der Waals surface area contributed by atoms with Gasteiger partial charge in [0.25, 0.3) is 5.91 Å². The van der Waals surface area contributed by atoms with Crippen molar-refractivity contribution in [2.24, 2.45) is 7.05 Å². The number of amides is 1. The van der Waals surface area contributed by atoms with Crippen LogP contribution in [0, 0.1) is 0 Å². The highest BCUT2D eigenvalue weighted by Crippen LogP contribution is 2.46. The molecule has 1 atom stereocenters. The van der Waals surface area contributed by atoms with Crippen LogP contribution in [0.5, 0.6) is 5.75 Å². The van der Waals surface area contributed by atoms with E-state index >= 15 is 0 Å². The number of aryl methyl sites for hydroxylation is 1. The van der Waals surface area contributed by atoms with E-state index in [4.69, 9.17) is 4.74 Å². The van der Waals surface area contributed by atoms with E-state index in [1.165, 1.54) is 0 Å². The molecule has 0 N–H and O–H groups in total. The molecule has 4 rings (SSSR count). The van der Waals surface area contributed by atoms with Gasteiger partial charge in [0.1, 0.15) is 17.5 Å². The number of nitrogens with zero attached hydrogens (tertiary/aromatic N) is 4. The van der Waals surface area contributed by atoms with E-state index in [9.17, 15) is 4.79 Å². The second kappa shape index (κ2) is 5.56. The molecule has 0 aromatic carbocycles. The zero-order valence-electron chi connectivity index (χ0n) is 12.9. The number of thioether (sulfide) groups is 1. The average Bonchev–Trinajstić information content (AvgIpc) is 3.13. The molecule has 1 amide bonds. The summed E-state index contributed by atoms with van der Waals surface area (Å²) in [7, 11) is 1.82. The fourth-order valence-electron chi connectivity index (χ4n) is 3.19. The van der Waals surface area contributed by atoms with E-state index in [2.05, 4.69) is 10.1 Å². The third-order valence-electron chi connectivity index (χ3n) is 4.29. The fourth-order valence-corrected chi connectivity index (χ4v) is 4.72. The summed E-state index contributed by atoms with van der Waals surface area (Å²) in [6.07, 6.45) is 6.44. The largest absolute Gasteiger partial charge is 0.488 e. The molecule has 0 bridgehead atoms. The van der Waals surface area contributed by atoms with E-state index in [0.29, 0.717) is 5.69 Å². The normalized spacial score (nSPS) is 22.1. The van der Waals surface area contributed by atoms with Gasteiger partial charge in [0.05, 0.1) is 10.9 Å². The van der Waals surface area contributed by atoms with Crippen molar-refractivity contribution in [2.75, 3.05) is 18.8 Å². The lowest BCUT2D eigenvalue weighted by Gasteiger charge is -2.47. The van der Waals surface area contributed by atoms with E-state index < -0.39 is 0 Å². The summed E-state index contributed by atoms with van der Waals surface area (Å²) in [5.41, 5.74) is 0.522. The first-order chi connectivity index (χ1) is 11.1. The van der Waals surface area contributed by atoms with Gasteiger partial charge in [-0.3, -0.25) is 14.5 Å². The minimum Gasteiger partial charge on any atom is -0.488 e. The van der Waals surface area contributed by atoms with Crippen LogP contribution in [-0.4, -0.2) is 55.3 Å². The van der Waals surface area contributed by atoms with Gasteiger partial charge in [-0.2, -0.15) is 5.10 Å². The summed E-state index contributed by atoms with van der Waals surface area (Å²) in [5, 5.41) is 4.19. The molecule has 23 heavy (non-hydrogen) atoms. The van der Waals surface area contributed by atoms with Crippen LogP contribution in [0.2, 0.25) is 0 Å². The number of ether oxygens (including phenoxy) is 1. The van der Waals surface area contributed by atoms with Gasteiger partial charge in [-0.05, 0) is 18.2 Å². The lowest BCUT2D eigenvalue weighted by molar-refractivity contribution is 0.0511. The predicted molar refractivity (Wildman–Crippen MR) is 87.6 cm³/mol. The van der Waals surface area contributed by atoms with Crippen LogP contribution in [0.1, 0.15) is 16.9 Å². The van der Waals surface area contributed by atoms with Crippen molar-refractivity contribution < 1.29 is 9.53 Å². The Morgan fingerprint density at radius 3 is 3.00 bits per heavy atom. The van der Waals surface area contributed by atoms with Crippen molar-refractivity contribution >= 4 is 17.7 Å². The molecule has 0 saturated carbocycles. The van der Waals surface area contributed by atoms with Crippen molar-refractivity contribution in [3.05, 3.63) is 42.5 Å². The molecule has 6 nitrogen and oxygen atoms in total. The molecule has 2 aliphatic heterocycles. The Kier molecular flexibility index (Phi) is 3.52. The van der Waals surface area contributed by atoms with Crippen LogP contribution in [-0.2, 0) is 7.05 Å². The first-order valence-electron chi connectivity index (χ1n) is 7.63.